The fourth-order valence-electron chi connectivity index (χ4n) is 3.93. The second kappa shape index (κ2) is 9.56. The molecule has 10 nitrogen and oxygen atoms in total. The van der Waals surface area contributed by atoms with Crippen molar-refractivity contribution in [1.29, 1.82) is 0 Å². The van der Waals surface area contributed by atoms with Crippen LogP contribution in [-0.2, 0) is 0 Å². The number of benzene rings is 2. The van der Waals surface area contributed by atoms with Gasteiger partial charge in [0.05, 0.1) is 11.9 Å². The minimum atomic E-state index is -0.677. The van der Waals surface area contributed by atoms with Gasteiger partial charge in [0, 0.05) is 25.2 Å². The van der Waals surface area contributed by atoms with Gasteiger partial charge in [-0.25, -0.2) is 9.97 Å². The van der Waals surface area contributed by atoms with E-state index in [1.54, 1.807) is 12.1 Å². The van der Waals surface area contributed by atoms with Crippen LogP contribution in [0.5, 0.6) is 0 Å². The van der Waals surface area contributed by atoms with Crippen LogP contribution in [0.2, 0.25) is 0 Å². The van der Waals surface area contributed by atoms with Gasteiger partial charge in [-0.1, -0.05) is 36.4 Å². The lowest BCUT2D eigenvalue weighted by molar-refractivity contribution is 0.00622. The van der Waals surface area contributed by atoms with Crippen molar-refractivity contribution in [2.45, 2.75) is 12.6 Å². The molecule has 0 spiro atoms. The summed E-state index contributed by atoms with van der Waals surface area (Å²) < 4.78 is 5.54. The molecule has 174 valence electrons. The maximum absolute atomic E-state index is 12.8. The molecule has 1 aliphatic heterocycles. The Hall–Kier alpha value is -3.86. The van der Waals surface area contributed by atoms with Crippen LogP contribution < -0.4 is 16.4 Å². The van der Waals surface area contributed by atoms with Crippen LogP contribution in [0.25, 0.3) is 22.4 Å². The Morgan fingerprint density at radius 3 is 2.76 bits per heavy atom. The molecule has 2 aromatic heterocycles. The van der Waals surface area contributed by atoms with Gasteiger partial charge in [-0.15, -0.1) is 0 Å². The van der Waals surface area contributed by atoms with Gasteiger partial charge in [-0.2, -0.15) is 4.98 Å². The van der Waals surface area contributed by atoms with Crippen LogP contribution in [0.1, 0.15) is 28.7 Å². The van der Waals surface area contributed by atoms with Crippen molar-refractivity contribution >= 4 is 28.8 Å². The van der Waals surface area contributed by atoms with Crippen LogP contribution >= 0.6 is 0 Å². The number of anilines is 2. The Morgan fingerprint density at radius 1 is 1.12 bits per heavy atom. The van der Waals surface area contributed by atoms with E-state index in [0.29, 0.717) is 16.8 Å². The molecular weight excluding hydrogens is 434 g/mol. The van der Waals surface area contributed by atoms with Gasteiger partial charge >= 0.3 is 6.01 Å². The number of fused-ring (bicyclic) bond motifs is 1. The molecule has 3 heterocycles. The summed E-state index contributed by atoms with van der Waals surface area (Å²) in [5, 5.41) is 16.7. The first-order valence-corrected chi connectivity index (χ1v) is 11.1. The number of aliphatic hydroxyl groups is 1. The Balaban J connectivity index is 1.34. The van der Waals surface area contributed by atoms with E-state index in [9.17, 15) is 9.90 Å². The van der Waals surface area contributed by atoms with Crippen LogP contribution in [0.4, 0.5) is 11.8 Å². The number of aliphatic hydroxyl groups excluding tert-OH is 1. The monoisotopic (exact) mass is 459 g/mol. The number of para-hydroxylation sites is 2. The quantitative estimate of drug-likeness (QED) is 0.354. The summed E-state index contributed by atoms with van der Waals surface area (Å²) in [5.74, 6) is -0.570. The zero-order chi connectivity index (χ0) is 23.5. The molecule has 4 aromatic rings. The topological polar surface area (TPSA) is 142 Å². The summed E-state index contributed by atoms with van der Waals surface area (Å²) in [6.07, 6.45) is 1.83. The average Bonchev–Trinajstić information content (AvgIpc) is 3.07. The highest BCUT2D eigenvalue weighted by atomic mass is 16.4. The van der Waals surface area contributed by atoms with E-state index in [1.165, 1.54) is 6.20 Å². The van der Waals surface area contributed by atoms with Crippen LogP contribution in [0, 0.1) is 0 Å². The van der Waals surface area contributed by atoms with Crippen molar-refractivity contribution in [2.24, 2.45) is 0 Å². The number of aromatic nitrogens is 3. The van der Waals surface area contributed by atoms with Gasteiger partial charge in [0.2, 0.25) is 0 Å². The van der Waals surface area contributed by atoms with Crippen molar-refractivity contribution in [1.82, 2.24) is 25.2 Å². The molecule has 5 rings (SSSR count). The minimum absolute atomic E-state index is 0.000762. The van der Waals surface area contributed by atoms with Crippen molar-refractivity contribution < 1.29 is 14.3 Å². The molecule has 0 aliphatic carbocycles. The highest BCUT2D eigenvalue weighted by Crippen LogP contribution is 2.24. The number of rotatable bonds is 5. The van der Waals surface area contributed by atoms with Crippen molar-refractivity contribution in [3.8, 4) is 11.3 Å². The highest BCUT2D eigenvalue weighted by Gasteiger charge is 2.20. The number of nitrogens with zero attached hydrogens (tertiary/aromatic N) is 4. The van der Waals surface area contributed by atoms with E-state index in [-0.39, 0.29) is 17.5 Å². The number of hydrogen-bond acceptors (Lipinski definition) is 9. The second-order valence-corrected chi connectivity index (χ2v) is 8.07. The number of carbonyl (C=O) groups excluding carboxylic acids is 1. The molecule has 2 aromatic carbocycles. The van der Waals surface area contributed by atoms with Crippen molar-refractivity contribution in [3.05, 3.63) is 66.0 Å². The number of hydrogen-bond donors (Lipinski definition) is 4. The first-order valence-electron chi connectivity index (χ1n) is 11.1. The van der Waals surface area contributed by atoms with E-state index >= 15 is 0 Å². The number of oxazole rings is 1. The number of nitrogen functional groups attached to an aromatic ring is 1. The Bertz CT molecular complexity index is 1260. The number of amides is 1. The lowest BCUT2D eigenvalue weighted by Crippen LogP contribution is -2.32. The van der Waals surface area contributed by atoms with Gasteiger partial charge in [0.1, 0.15) is 11.7 Å². The molecule has 1 amide bonds. The standard InChI is InChI=1S/C24H25N7O3/c25-21-20(22(32)30-24-29-17-4-1-2-5-19(17)34-24)28-18(14-27-21)15-6-8-16(9-7-15)23(33)31-12-3-10-26-11-13-31/h1-2,4-9,14,23,26,33H,3,10-13H2,(H2,25,27)(H,29,30,32). The zero-order valence-electron chi connectivity index (χ0n) is 18.4. The van der Waals surface area contributed by atoms with E-state index in [1.807, 2.05) is 41.3 Å². The van der Waals surface area contributed by atoms with Gasteiger partial charge < -0.3 is 20.6 Å². The van der Waals surface area contributed by atoms with Crippen molar-refractivity contribution in [3.63, 3.8) is 0 Å². The first-order chi connectivity index (χ1) is 16.6. The number of nitrogens with two attached hydrogens (primary N) is 1. The molecule has 10 heteroatoms. The molecule has 0 saturated carbocycles. The molecule has 1 fully saturated rings. The van der Waals surface area contributed by atoms with Crippen LogP contribution in [-0.4, -0.2) is 57.0 Å². The van der Waals surface area contributed by atoms with E-state index < -0.39 is 12.1 Å². The molecule has 1 atom stereocenters. The highest BCUT2D eigenvalue weighted by molar-refractivity contribution is 6.05. The largest absolute Gasteiger partial charge is 0.423 e. The third kappa shape index (κ3) is 4.60. The maximum Gasteiger partial charge on any atom is 0.302 e. The fraction of sp³-hybridized carbons (Fsp3) is 0.250. The Labute approximate surface area is 195 Å². The Kier molecular flexibility index (Phi) is 6.17. The zero-order valence-corrected chi connectivity index (χ0v) is 18.4. The normalized spacial score (nSPS) is 15.7. The molecule has 1 unspecified atom stereocenters. The average molecular weight is 460 g/mol. The van der Waals surface area contributed by atoms with Gasteiger partial charge in [0.25, 0.3) is 5.91 Å². The molecule has 0 bridgehead atoms. The summed E-state index contributed by atoms with van der Waals surface area (Å²) >= 11 is 0. The number of carbonyl (C=O) groups is 1. The lowest BCUT2D eigenvalue weighted by Gasteiger charge is -2.26. The molecule has 5 N–H and O–H groups in total. The first kappa shape index (κ1) is 22.0. The van der Waals surface area contributed by atoms with Crippen LogP contribution in [0.3, 0.4) is 0 Å². The van der Waals surface area contributed by atoms with Gasteiger partial charge in [-0.3, -0.25) is 15.0 Å². The predicted molar refractivity (Wildman–Crippen MR) is 128 cm³/mol. The third-order valence-electron chi connectivity index (χ3n) is 5.76. The van der Waals surface area contributed by atoms with Gasteiger partial charge in [0.15, 0.2) is 17.1 Å². The summed E-state index contributed by atoms with van der Waals surface area (Å²) in [6.45, 7) is 3.42. The SMILES string of the molecule is Nc1ncc(-c2ccc(C(O)N3CCCNCC3)cc2)nc1C(=O)Nc1nc2ccccc2o1. The summed E-state index contributed by atoms with van der Waals surface area (Å²) in [5.41, 5.74) is 9.11. The van der Waals surface area contributed by atoms with Crippen molar-refractivity contribution in [2.75, 3.05) is 37.2 Å². The van der Waals surface area contributed by atoms with E-state index in [0.717, 1.165) is 43.7 Å². The van der Waals surface area contributed by atoms with E-state index in [2.05, 4.69) is 25.6 Å². The molecule has 0 radical (unpaired) electrons. The van der Waals surface area contributed by atoms with Gasteiger partial charge in [-0.05, 0) is 30.7 Å². The summed E-state index contributed by atoms with van der Waals surface area (Å²) in [7, 11) is 0. The third-order valence-corrected chi connectivity index (χ3v) is 5.76. The second-order valence-electron chi connectivity index (χ2n) is 8.07. The molecule has 1 saturated heterocycles. The van der Waals surface area contributed by atoms with E-state index in [4.69, 9.17) is 10.2 Å². The smallest absolute Gasteiger partial charge is 0.302 e. The van der Waals surface area contributed by atoms with Crippen LogP contribution in [0.15, 0.2) is 59.1 Å². The summed E-state index contributed by atoms with van der Waals surface area (Å²) in [6, 6.07) is 14.7. The molecular formula is C24H25N7O3. The lowest BCUT2D eigenvalue weighted by atomic mass is 10.1. The predicted octanol–water partition coefficient (Wildman–Crippen LogP) is 2.41. The number of nitrogens with one attached hydrogen (secondary N) is 2. The maximum atomic E-state index is 12.8. The summed E-state index contributed by atoms with van der Waals surface area (Å²) in [4.78, 5) is 27.7. The Morgan fingerprint density at radius 2 is 1.94 bits per heavy atom. The minimum Gasteiger partial charge on any atom is -0.423 e. The molecule has 34 heavy (non-hydrogen) atoms. The molecule has 1 aliphatic rings. The fourth-order valence-corrected chi connectivity index (χ4v) is 3.93.